The van der Waals surface area contributed by atoms with E-state index < -0.39 is 29.6 Å². The fourth-order valence-electron chi connectivity index (χ4n) is 3.78. The van der Waals surface area contributed by atoms with Crippen LogP contribution in [0.5, 0.6) is 0 Å². The number of nitrogens with one attached hydrogen (secondary N) is 2. The third kappa shape index (κ3) is 6.09. The third-order valence-electron chi connectivity index (χ3n) is 5.97. The second kappa shape index (κ2) is 11.6. The average molecular weight is 555 g/mol. The summed E-state index contributed by atoms with van der Waals surface area (Å²) in [5, 5.41) is 19.1. The van der Waals surface area contributed by atoms with E-state index in [0.717, 1.165) is 17.8 Å². The molecule has 3 N–H and O–H groups in total. The van der Waals surface area contributed by atoms with Gasteiger partial charge < -0.3 is 15.7 Å². The third-order valence-corrected chi connectivity index (χ3v) is 7.21. The monoisotopic (exact) mass is 554 g/mol. The van der Waals surface area contributed by atoms with E-state index in [4.69, 9.17) is 11.6 Å². The minimum absolute atomic E-state index is 0.0261. The Bertz CT molecular complexity index is 1490. The Morgan fingerprint density at radius 3 is 2.47 bits per heavy atom. The highest BCUT2D eigenvalue weighted by molar-refractivity contribution is 7.19. The average Bonchev–Trinajstić information content (AvgIpc) is 3.53. The molecule has 2 heterocycles. The zero-order chi connectivity index (χ0) is 27.4. The molecule has 0 aliphatic heterocycles. The Labute approximate surface area is 227 Å². The number of carbonyl (C=O) groups is 3. The molecule has 0 aliphatic carbocycles. The Balaban J connectivity index is 1.63. The quantitative estimate of drug-likeness (QED) is 0.239. The van der Waals surface area contributed by atoms with Crippen LogP contribution in [0.25, 0.3) is 16.3 Å². The van der Waals surface area contributed by atoms with Crippen LogP contribution < -0.4 is 10.6 Å². The number of halogens is 2. The van der Waals surface area contributed by atoms with Gasteiger partial charge in [-0.25, -0.2) is 13.9 Å². The number of aromatic nitrogens is 2. The van der Waals surface area contributed by atoms with Gasteiger partial charge in [-0.15, -0.1) is 11.3 Å². The lowest BCUT2D eigenvalue weighted by Crippen LogP contribution is -2.45. The number of carboxylic acids is 1. The van der Waals surface area contributed by atoms with Gasteiger partial charge in [0.25, 0.3) is 11.8 Å². The molecule has 0 spiro atoms. The maximum atomic E-state index is 14.5. The number of carbonyl (C=O) groups excluding carboxylic acids is 2. The van der Waals surface area contributed by atoms with Crippen LogP contribution in [-0.2, 0) is 4.79 Å². The van der Waals surface area contributed by atoms with Crippen molar-refractivity contribution in [3.63, 3.8) is 0 Å². The van der Waals surface area contributed by atoms with Gasteiger partial charge in [0.05, 0.1) is 20.5 Å². The zero-order valence-corrected chi connectivity index (χ0v) is 22.0. The molecule has 0 bridgehead atoms. The minimum Gasteiger partial charge on any atom is -0.480 e. The van der Waals surface area contributed by atoms with Gasteiger partial charge in [0.2, 0.25) is 0 Å². The first-order chi connectivity index (χ1) is 18.2. The predicted octanol–water partition coefficient (Wildman–Crippen LogP) is 5.87. The van der Waals surface area contributed by atoms with E-state index in [1.165, 1.54) is 17.4 Å². The summed E-state index contributed by atoms with van der Waals surface area (Å²) in [5.74, 6) is -3.64. The molecule has 4 rings (SSSR count). The van der Waals surface area contributed by atoms with Crippen molar-refractivity contribution in [2.24, 2.45) is 5.92 Å². The molecule has 8 nitrogen and oxygen atoms in total. The summed E-state index contributed by atoms with van der Waals surface area (Å²) in [7, 11) is 0. The van der Waals surface area contributed by atoms with Crippen molar-refractivity contribution in [2.75, 3.05) is 5.32 Å². The Kier molecular flexibility index (Phi) is 8.23. The molecule has 38 heavy (non-hydrogen) atoms. The molecule has 0 saturated heterocycles. The predicted molar refractivity (Wildman–Crippen MR) is 145 cm³/mol. The first-order valence-electron chi connectivity index (χ1n) is 11.7. The van der Waals surface area contributed by atoms with Crippen LogP contribution in [0.1, 0.15) is 41.0 Å². The molecular weight excluding hydrogens is 531 g/mol. The van der Waals surface area contributed by atoms with Crippen LogP contribution >= 0.6 is 22.9 Å². The van der Waals surface area contributed by atoms with Crippen LogP contribution in [0.3, 0.4) is 0 Å². The molecule has 11 heteroatoms. The summed E-state index contributed by atoms with van der Waals surface area (Å²) in [6.45, 7) is 3.51. The summed E-state index contributed by atoms with van der Waals surface area (Å²) in [4.78, 5) is 38.4. The van der Waals surface area contributed by atoms with Gasteiger partial charge in [0.1, 0.15) is 17.6 Å². The molecule has 2 amide bonds. The highest BCUT2D eigenvalue weighted by atomic mass is 35.5. The van der Waals surface area contributed by atoms with Gasteiger partial charge in [-0.05, 0) is 48.4 Å². The highest BCUT2D eigenvalue weighted by Gasteiger charge is 2.26. The largest absolute Gasteiger partial charge is 0.480 e. The summed E-state index contributed by atoms with van der Waals surface area (Å²) in [6.07, 6.45) is 2.08. The SMILES string of the molecule is CC[C@H](C)[C@H](NC(=O)c1cc(F)cc(NC(=O)c2cn(-c3ccccc3)nc2-c2ccc(Cl)s2)c1)C(=O)O. The molecule has 0 fully saturated rings. The number of thiophene rings is 1. The van der Waals surface area contributed by atoms with Crippen molar-refractivity contribution in [1.29, 1.82) is 0 Å². The summed E-state index contributed by atoms with van der Waals surface area (Å²) in [5.41, 5.74) is 1.23. The van der Waals surface area contributed by atoms with Gasteiger partial charge in [0, 0.05) is 17.4 Å². The Morgan fingerprint density at radius 1 is 1.11 bits per heavy atom. The van der Waals surface area contributed by atoms with Crippen molar-refractivity contribution in [1.82, 2.24) is 15.1 Å². The maximum absolute atomic E-state index is 14.5. The molecule has 2 aromatic carbocycles. The Morgan fingerprint density at radius 2 is 1.84 bits per heavy atom. The molecule has 196 valence electrons. The number of nitrogens with zero attached hydrogens (tertiary/aromatic N) is 2. The van der Waals surface area contributed by atoms with Gasteiger partial charge in [-0.1, -0.05) is 50.1 Å². The minimum atomic E-state index is -1.19. The van der Waals surface area contributed by atoms with E-state index in [1.54, 1.807) is 36.9 Å². The van der Waals surface area contributed by atoms with E-state index in [9.17, 15) is 23.9 Å². The number of rotatable bonds is 9. The number of para-hydroxylation sites is 1. The molecule has 2 aromatic heterocycles. The smallest absolute Gasteiger partial charge is 0.326 e. The van der Waals surface area contributed by atoms with E-state index in [0.29, 0.717) is 21.3 Å². The standard InChI is InChI=1S/C27H24ClFN4O4S/c1-3-15(2)23(27(36)37)31-25(34)16-11-17(29)13-18(12-16)30-26(35)20-14-33(19-7-5-4-6-8-19)32-24(20)21-9-10-22(28)38-21/h4-15,23H,3H2,1-2H3,(H,30,35)(H,31,34)(H,36,37)/t15-,23-/m0/s1. The van der Waals surface area contributed by atoms with Gasteiger partial charge in [-0.2, -0.15) is 5.10 Å². The molecule has 0 radical (unpaired) electrons. The van der Waals surface area contributed by atoms with Crippen molar-refractivity contribution in [2.45, 2.75) is 26.3 Å². The molecular formula is C27H24ClFN4O4S. The number of hydrogen-bond donors (Lipinski definition) is 3. The van der Waals surface area contributed by atoms with Crippen molar-refractivity contribution in [3.8, 4) is 16.3 Å². The van der Waals surface area contributed by atoms with Gasteiger partial charge in [0.15, 0.2) is 0 Å². The first kappa shape index (κ1) is 27.0. The van der Waals surface area contributed by atoms with Crippen molar-refractivity contribution in [3.05, 3.63) is 88.1 Å². The fraction of sp³-hybridized carbons (Fsp3) is 0.185. The Hall–Kier alpha value is -4.02. The fourth-order valence-corrected chi connectivity index (χ4v) is 4.82. The van der Waals surface area contributed by atoms with Gasteiger partial charge in [-0.3, -0.25) is 9.59 Å². The zero-order valence-electron chi connectivity index (χ0n) is 20.4. The molecule has 0 saturated carbocycles. The number of hydrogen-bond acceptors (Lipinski definition) is 5. The lowest BCUT2D eigenvalue weighted by Gasteiger charge is -2.20. The van der Waals surface area contributed by atoms with E-state index >= 15 is 0 Å². The molecule has 0 unspecified atom stereocenters. The van der Waals surface area contributed by atoms with Crippen LogP contribution in [-0.4, -0.2) is 38.7 Å². The summed E-state index contributed by atoms with van der Waals surface area (Å²) >= 11 is 7.37. The first-order valence-corrected chi connectivity index (χ1v) is 12.9. The summed E-state index contributed by atoms with van der Waals surface area (Å²) < 4.78 is 16.5. The number of aliphatic carboxylic acids is 1. The van der Waals surface area contributed by atoms with E-state index in [1.807, 2.05) is 30.3 Å². The number of amides is 2. The van der Waals surface area contributed by atoms with Crippen LogP contribution in [0, 0.1) is 11.7 Å². The number of benzene rings is 2. The lowest BCUT2D eigenvalue weighted by atomic mass is 9.99. The van der Waals surface area contributed by atoms with Crippen LogP contribution in [0.4, 0.5) is 10.1 Å². The topological polar surface area (TPSA) is 113 Å². The summed E-state index contributed by atoms with van der Waals surface area (Å²) in [6, 6.07) is 14.9. The van der Waals surface area contributed by atoms with Crippen LogP contribution in [0.2, 0.25) is 4.34 Å². The second-order valence-electron chi connectivity index (χ2n) is 8.63. The second-order valence-corrected chi connectivity index (χ2v) is 10.3. The lowest BCUT2D eigenvalue weighted by molar-refractivity contribution is -0.140. The molecule has 2 atom stereocenters. The normalized spacial score (nSPS) is 12.5. The molecule has 0 aliphatic rings. The van der Waals surface area contributed by atoms with Crippen LogP contribution in [0.15, 0.2) is 66.9 Å². The van der Waals surface area contributed by atoms with Crippen molar-refractivity contribution < 1.29 is 23.9 Å². The number of carboxylic acid groups (broad SMARTS) is 1. The van der Waals surface area contributed by atoms with E-state index in [2.05, 4.69) is 15.7 Å². The number of anilines is 1. The van der Waals surface area contributed by atoms with Crippen molar-refractivity contribution >= 4 is 46.4 Å². The van der Waals surface area contributed by atoms with E-state index in [-0.39, 0.29) is 22.7 Å². The maximum Gasteiger partial charge on any atom is 0.326 e. The van der Waals surface area contributed by atoms with Gasteiger partial charge >= 0.3 is 5.97 Å². The highest BCUT2D eigenvalue weighted by Crippen LogP contribution is 2.33. The molecule has 4 aromatic rings.